The topological polar surface area (TPSA) is 12.0 Å². The molecular formula is C9H12N. The van der Waals surface area contributed by atoms with Gasteiger partial charge >= 0.3 is 0 Å². The molecule has 1 heteroatoms. The minimum Gasteiger partial charge on any atom is -0.383 e. The van der Waals surface area contributed by atoms with Gasteiger partial charge in [0.1, 0.15) is 0 Å². The molecule has 0 amide bonds. The largest absolute Gasteiger partial charge is 0.383 e. The summed E-state index contributed by atoms with van der Waals surface area (Å²) >= 11 is 0. The first-order valence-corrected chi connectivity index (χ1v) is 3.35. The van der Waals surface area contributed by atoms with E-state index in [2.05, 4.69) is 38.3 Å². The molecule has 0 unspecified atom stereocenters. The molecule has 1 nitrogen and oxygen atoms in total. The van der Waals surface area contributed by atoms with Gasteiger partial charge in [-0.1, -0.05) is 18.2 Å². The van der Waals surface area contributed by atoms with E-state index in [0.717, 1.165) is 5.69 Å². The molecule has 0 saturated carbocycles. The second kappa shape index (κ2) is 2.74. The van der Waals surface area contributed by atoms with Crippen LogP contribution in [-0.4, -0.2) is 0 Å². The third-order valence-electron chi connectivity index (χ3n) is 1.66. The fourth-order valence-corrected chi connectivity index (χ4v) is 1.09. The van der Waals surface area contributed by atoms with Crippen LogP contribution in [0.3, 0.4) is 0 Å². The maximum atomic E-state index is 3.63. The second-order valence-electron chi connectivity index (χ2n) is 2.44. The Balaban J connectivity index is 3.17. The Morgan fingerprint density at radius 1 is 1.20 bits per heavy atom. The Morgan fingerprint density at radius 2 is 1.70 bits per heavy atom. The average Bonchev–Trinajstić information content (AvgIpc) is 1.88. The van der Waals surface area contributed by atoms with Crippen molar-refractivity contribution in [1.82, 2.24) is 0 Å². The quantitative estimate of drug-likeness (QED) is 0.622. The zero-order valence-electron chi connectivity index (χ0n) is 6.44. The number of hydrogen-bond acceptors (Lipinski definition) is 1. The van der Waals surface area contributed by atoms with Gasteiger partial charge in [-0.05, 0) is 25.0 Å². The van der Waals surface area contributed by atoms with E-state index in [1.807, 2.05) is 6.07 Å². The van der Waals surface area contributed by atoms with Gasteiger partial charge < -0.3 is 5.32 Å². The Bertz CT molecular complexity index is 208. The smallest absolute Gasteiger partial charge is 0.0400 e. The second-order valence-corrected chi connectivity index (χ2v) is 2.44. The number of nitrogens with one attached hydrogen (secondary N) is 1. The number of rotatable bonds is 1. The van der Waals surface area contributed by atoms with Gasteiger partial charge in [0, 0.05) is 12.7 Å². The lowest BCUT2D eigenvalue weighted by atomic mass is 10.1. The minimum atomic E-state index is 1.14. The van der Waals surface area contributed by atoms with Gasteiger partial charge in [-0.15, -0.1) is 0 Å². The van der Waals surface area contributed by atoms with Gasteiger partial charge in [-0.25, -0.2) is 0 Å². The van der Waals surface area contributed by atoms with Crippen molar-refractivity contribution >= 4 is 5.69 Å². The van der Waals surface area contributed by atoms with Crippen LogP contribution in [-0.2, 0) is 0 Å². The molecule has 0 aromatic heterocycles. The van der Waals surface area contributed by atoms with Crippen LogP contribution in [0.25, 0.3) is 0 Å². The summed E-state index contributed by atoms with van der Waals surface area (Å²) in [6.07, 6.45) is 0. The third kappa shape index (κ3) is 1.13. The number of aryl methyl sites for hydroxylation is 2. The molecule has 0 spiro atoms. The standard InChI is InChI=1S/C9H12N/c1-7-5-4-6-8(2)9(7)10-3/h4-6,10H,3H2,1-2H3. The zero-order valence-corrected chi connectivity index (χ0v) is 6.44. The Hall–Kier alpha value is -0.980. The lowest BCUT2D eigenvalue weighted by molar-refractivity contribution is 1.36. The van der Waals surface area contributed by atoms with Gasteiger partial charge in [0.2, 0.25) is 0 Å². The molecule has 0 aliphatic carbocycles. The van der Waals surface area contributed by atoms with E-state index in [9.17, 15) is 0 Å². The van der Waals surface area contributed by atoms with Gasteiger partial charge in [0.05, 0.1) is 0 Å². The molecule has 0 aliphatic heterocycles. The van der Waals surface area contributed by atoms with Crippen molar-refractivity contribution in [3.63, 3.8) is 0 Å². The van der Waals surface area contributed by atoms with Crippen LogP contribution in [0.1, 0.15) is 11.1 Å². The van der Waals surface area contributed by atoms with E-state index >= 15 is 0 Å². The highest BCUT2D eigenvalue weighted by Gasteiger charge is 1.96. The van der Waals surface area contributed by atoms with Gasteiger partial charge in [0.25, 0.3) is 0 Å². The summed E-state index contributed by atoms with van der Waals surface area (Å²) < 4.78 is 0. The Morgan fingerprint density at radius 3 is 2.00 bits per heavy atom. The molecule has 1 aromatic rings. The fourth-order valence-electron chi connectivity index (χ4n) is 1.09. The van der Waals surface area contributed by atoms with Gasteiger partial charge in [-0.2, -0.15) is 0 Å². The van der Waals surface area contributed by atoms with Crippen LogP contribution >= 0.6 is 0 Å². The molecule has 0 bridgehead atoms. The molecule has 1 rings (SSSR count). The van der Waals surface area contributed by atoms with Crippen LogP contribution in [0.4, 0.5) is 5.69 Å². The zero-order chi connectivity index (χ0) is 7.56. The average molecular weight is 134 g/mol. The highest BCUT2D eigenvalue weighted by Crippen LogP contribution is 2.18. The first-order chi connectivity index (χ1) is 4.75. The molecule has 0 aliphatic rings. The van der Waals surface area contributed by atoms with E-state index in [0.29, 0.717) is 0 Å². The number of anilines is 1. The van der Waals surface area contributed by atoms with E-state index in [1.54, 1.807) is 0 Å². The predicted molar refractivity (Wildman–Crippen MR) is 44.9 cm³/mol. The molecule has 1 aromatic carbocycles. The van der Waals surface area contributed by atoms with Gasteiger partial charge in [-0.3, -0.25) is 0 Å². The van der Waals surface area contributed by atoms with E-state index < -0.39 is 0 Å². The summed E-state index contributed by atoms with van der Waals surface area (Å²) in [5.74, 6) is 0. The molecule has 0 atom stereocenters. The summed E-state index contributed by atoms with van der Waals surface area (Å²) in [6.45, 7) is 4.14. The lowest BCUT2D eigenvalue weighted by Crippen LogP contribution is -1.91. The van der Waals surface area contributed by atoms with Crippen LogP contribution in [0.2, 0.25) is 0 Å². The van der Waals surface area contributed by atoms with Crippen LogP contribution in [0, 0.1) is 20.9 Å². The molecule has 0 heterocycles. The maximum absolute atomic E-state index is 3.63. The van der Waals surface area contributed by atoms with Crippen molar-refractivity contribution in [2.24, 2.45) is 0 Å². The Kier molecular flexibility index (Phi) is 1.95. The lowest BCUT2D eigenvalue weighted by Gasteiger charge is -2.06. The van der Waals surface area contributed by atoms with Crippen molar-refractivity contribution in [2.45, 2.75) is 13.8 Å². The summed E-state index contributed by atoms with van der Waals surface area (Å²) in [5.41, 5.74) is 3.63. The van der Waals surface area contributed by atoms with E-state index in [-0.39, 0.29) is 0 Å². The normalized spacial score (nSPS) is 9.50. The predicted octanol–water partition coefficient (Wildman–Crippen LogP) is 2.51. The van der Waals surface area contributed by atoms with Crippen LogP contribution < -0.4 is 5.32 Å². The number of para-hydroxylation sites is 1. The molecule has 0 saturated heterocycles. The highest BCUT2D eigenvalue weighted by molar-refractivity contribution is 5.56. The summed E-state index contributed by atoms with van der Waals surface area (Å²) in [7, 11) is 3.63. The summed E-state index contributed by atoms with van der Waals surface area (Å²) in [4.78, 5) is 0. The van der Waals surface area contributed by atoms with E-state index in [1.165, 1.54) is 11.1 Å². The number of benzene rings is 1. The SMILES string of the molecule is [CH2]Nc1c(C)cccc1C. The van der Waals surface area contributed by atoms with Crippen molar-refractivity contribution in [2.75, 3.05) is 5.32 Å². The van der Waals surface area contributed by atoms with E-state index in [4.69, 9.17) is 0 Å². The summed E-state index contributed by atoms with van der Waals surface area (Å²) in [5, 5.41) is 2.91. The van der Waals surface area contributed by atoms with Crippen molar-refractivity contribution in [1.29, 1.82) is 0 Å². The summed E-state index contributed by atoms with van der Waals surface area (Å²) in [6, 6.07) is 6.19. The fraction of sp³-hybridized carbons (Fsp3) is 0.222. The first kappa shape index (κ1) is 7.13. The molecule has 53 valence electrons. The van der Waals surface area contributed by atoms with Crippen molar-refractivity contribution in [3.05, 3.63) is 36.4 Å². The molecule has 1 N–H and O–H groups in total. The van der Waals surface area contributed by atoms with Crippen molar-refractivity contribution in [3.8, 4) is 0 Å². The van der Waals surface area contributed by atoms with Crippen molar-refractivity contribution < 1.29 is 0 Å². The van der Waals surface area contributed by atoms with Crippen LogP contribution in [0.5, 0.6) is 0 Å². The number of hydrogen-bond donors (Lipinski definition) is 1. The third-order valence-corrected chi connectivity index (χ3v) is 1.66. The van der Waals surface area contributed by atoms with Crippen LogP contribution in [0.15, 0.2) is 18.2 Å². The maximum Gasteiger partial charge on any atom is 0.0400 e. The minimum absolute atomic E-state index is 1.14. The highest BCUT2D eigenvalue weighted by atomic mass is 14.8. The Labute approximate surface area is 62.1 Å². The molecular weight excluding hydrogens is 122 g/mol. The molecule has 0 fully saturated rings. The van der Waals surface area contributed by atoms with Gasteiger partial charge in [0.15, 0.2) is 0 Å². The molecule has 10 heavy (non-hydrogen) atoms. The molecule has 1 radical (unpaired) electrons. The first-order valence-electron chi connectivity index (χ1n) is 3.35. The monoisotopic (exact) mass is 134 g/mol.